The fourth-order valence-corrected chi connectivity index (χ4v) is 3.34. The van der Waals surface area contributed by atoms with Crippen molar-refractivity contribution in [3.05, 3.63) is 46.4 Å². The molecule has 0 fully saturated rings. The third-order valence-electron chi connectivity index (χ3n) is 3.63. The smallest absolute Gasteiger partial charge is 0.251 e. The van der Waals surface area contributed by atoms with E-state index < -0.39 is 0 Å². The van der Waals surface area contributed by atoms with E-state index in [2.05, 4.69) is 15.3 Å². The zero-order chi connectivity index (χ0) is 18.9. The first kappa shape index (κ1) is 20.0. The van der Waals surface area contributed by atoms with Crippen LogP contribution in [-0.4, -0.2) is 27.7 Å². The van der Waals surface area contributed by atoms with Crippen molar-refractivity contribution in [3.63, 3.8) is 0 Å². The van der Waals surface area contributed by atoms with Gasteiger partial charge in [-0.15, -0.1) is 0 Å². The number of benzene rings is 1. The molecule has 1 aromatic heterocycles. The van der Waals surface area contributed by atoms with Gasteiger partial charge in [0.15, 0.2) is 5.16 Å². The Morgan fingerprint density at radius 2 is 2.00 bits per heavy atom. The van der Waals surface area contributed by atoms with Crippen LogP contribution in [-0.2, 0) is 11.2 Å². The lowest BCUT2D eigenvalue weighted by Crippen LogP contribution is -2.25. The van der Waals surface area contributed by atoms with E-state index in [9.17, 15) is 9.59 Å². The van der Waals surface area contributed by atoms with Crippen molar-refractivity contribution >= 4 is 23.4 Å². The lowest BCUT2D eigenvalue weighted by Gasteiger charge is -2.14. The molecule has 7 heteroatoms. The molecule has 0 radical (unpaired) electrons. The summed E-state index contributed by atoms with van der Waals surface area (Å²) in [6.07, 6.45) is 2.28. The standard InChI is InChI=1S/C19H25N3O3S/c1-4-7-14-12-17(23)22-19(21-14)26-16(5-2)18(24)20-13-8-10-15(11-9-13)25-6-3/h8-12,16H,4-7H2,1-3H3,(H,20,24)(H,21,22,23). The van der Waals surface area contributed by atoms with Gasteiger partial charge in [-0.25, -0.2) is 4.98 Å². The number of H-pyrrole nitrogens is 1. The Balaban J connectivity index is 2.05. The predicted octanol–water partition coefficient (Wildman–Crippen LogP) is 3.63. The van der Waals surface area contributed by atoms with E-state index in [1.54, 1.807) is 0 Å². The quantitative estimate of drug-likeness (QED) is 0.516. The third kappa shape index (κ3) is 5.91. The molecule has 0 aliphatic carbocycles. The third-order valence-corrected chi connectivity index (χ3v) is 4.88. The summed E-state index contributed by atoms with van der Waals surface area (Å²) >= 11 is 1.28. The van der Waals surface area contributed by atoms with E-state index in [0.717, 1.165) is 24.3 Å². The molecule has 2 N–H and O–H groups in total. The molecule has 1 heterocycles. The van der Waals surface area contributed by atoms with Crippen LogP contribution < -0.4 is 15.6 Å². The van der Waals surface area contributed by atoms with E-state index in [-0.39, 0.29) is 16.7 Å². The minimum atomic E-state index is -0.346. The molecule has 2 aromatic rings. The lowest BCUT2D eigenvalue weighted by atomic mass is 10.2. The summed E-state index contributed by atoms with van der Waals surface area (Å²) in [5.41, 5.74) is 1.27. The van der Waals surface area contributed by atoms with Gasteiger partial charge in [0.25, 0.3) is 5.56 Å². The SMILES string of the molecule is CCCc1cc(=O)[nH]c(SC(CC)C(=O)Nc2ccc(OCC)cc2)n1. The maximum atomic E-state index is 12.6. The average molecular weight is 375 g/mol. The van der Waals surface area contributed by atoms with Gasteiger partial charge in [-0.1, -0.05) is 32.0 Å². The molecular weight excluding hydrogens is 350 g/mol. The Labute approximate surface area is 157 Å². The van der Waals surface area contributed by atoms with Crippen molar-refractivity contribution in [1.29, 1.82) is 0 Å². The second-order valence-electron chi connectivity index (χ2n) is 5.75. The number of anilines is 1. The summed E-state index contributed by atoms with van der Waals surface area (Å²) in [4.78, 5) is 31.5. The average Bonchev–Trinajstić information content (AvgIpc) is 2.61. The van der Waals surface area contributed by atoms with E-state index in [0.29, 0.717) is 23.9 Å². The Morgan fingerprint density at radius 3 is 2.62 bits per heavy atom. The highest BCUT2D eigenvalue weighted by Gasteiger charge is 2.19. The van der Waals surface area contributed by atoms with Gasteiger partial charge in [-0.05, 0) is 44.0 Å². The summed E-state index contributed by atoms with van der Waals surface area (Å²) in [5.74, 6) is 0.645. The topological polar surface area (TPSA) is 84.1 Å². The number of nitrogens with one attached hydrogen (secondary N) is 2. The number of carbonyl (C=O) groups is 1. The number of thioether (sulfide) groups is 1. The van der Waals surface area contributed by atoms with Crippen LogP contribution in [0.25, 0.3) is 0 Å². The van der Waals surface area contributed by atoms with Crippen LogP contribution >= 0.6 is 11.8 Å². The van der Waals surface area contributed by atoms with Crippen LogP contribution in [0.5, 0.6) is 5.75 Å². The molecule has 1 aromatic carbocycles. The zero-order valence-electron chi connectivity index (χ0n) is 15.4. The molecule has 1 amide bonds. The molecule has 0 aliphatic heterocycles. The normalized spacial score (nSPS) is 11.8. The van der Waals surface area contributed by atoms with Crippen LogP contribution in [0.15, 0.2) is 40.3 Å². The molecular formula is C19H25N3O3S. The molecule has 1 atom stereocenters. The number of hydrogen-bond acceptors (Lipinski definition) is 5. The summed E-state index contributed by atoms with van der Waals surface area (Å²) in [6.45, 7) is 6.49. The Bertz CT molecular complexity index is 774. The van der Waals surface area contributed by atoms with E-state index in [1.165, 1.54) is 17.8 Å². The fourth-order valence-electron chi connectivity index (χ4n) is 2.40. The van der Waals surface area contributed by atoms with Crippen molar-refractivity contribution in [2.24, 2.45) is 0 Å². The monoisotopic (exact) mass is 375 g/mol. The van der Waals surface area contributed by atoms with Crippen LogP contribution in [0.3, 0.4) is 0 Å². The van der Waals surface area contributed by atoms with Crippen molar-refractivity contribution < 1.29 is 9.53 Å². The largest absolute Gasteiger partial charge is 0.494 e. The number of amides is 1. The number of aromatic amines is 1. The number of hydrogen-bond donors (Lipinski definition) is 2. The molecule has 0 saturated heterocycles. The number of ether oxygens (including phenoxy) is 1. The van der Waals surface area contributed by atoms with Gasteiger partial charge in [-0.2, -0.15) is 0 Å². The zero-order valence-corrected chi connectivity index (χ0v) is 16.2. The second-order valence-corrected chi connectivity index (χ2v) is 6.94. The van der Waals surface area contributed by atoms with Crippen LogP contribution in [0.2, 0.25) is 0 Å². The molecule has 0 spiro atoms. The summed E-state index contributed by atoms with van der Waals surface area (Å²) < 4.78 is 5.40. The summed E-state index contributed by atoms with van der Waals surface area (Å²) in [5, 5.41) is 3.04. The molecule has 2 rings (SSSR count). The van der Waals surface area contributed by atoms with Crippen molar-refractivity contribution in [3.8, 4) is 5.75 Å². The number of nitrogens with zero attached hydrogens (tertiary/aromatic N) is 1. The van der Waals surface area contributed by atoms with Gasteiger partial charge in [0.05, 0.1) is 11.9 Å². The predicted molar refractivity (Wildman–Crippen MR) is 105 cm³/mol. The molecule has 1 unspecified atom stereocenters. The highest BCUT2D eigenvalue weighted by molar-refractivity contribution is 8.00. The number of rotatable bonds is 9. The Kier molecular flexibility index (Phi) is 7.72. The van der Waals surface area contributed by atoms with Gasteiger partial charge in [0.2, 0.25) is 5.91 Å². The number of carbonyl (C=O) groups excluding carboxylic acids is 1. The van der Waals surface area contributed by atoms with Gasteiger partial charge >= 0.3 is 0 Å². The lowest BCUT2D eigenvalue weighted by molar-refractivity contribution is -0.115. The van der Waals surface area contributed by atoms with Crippen molar-refractivity contribution in [2.45, 2.75) is 50.4 Å². The van der Waals surface area contributed by atoms with E-state index in [1.807, 2.05) is 45.0 Å². The molecule has 0 bridgehead atoms. The van der Waals surface area contributed by atoms with Gasteiger partial charge in [0.1, 0.15) is 5.75 Å². The first-order chi connectivity index (χ1) is 12.5. The maximum Gasteiger partial charge on any atom is 0.251 e. The van der Waals surface area contributed by atoms with Crippen LogP contribution in [0.4, 0.5) is 5.69 Å². The molecule has 0 saturated carbocycles. The highest BCUT2D eigenvalue weighted by atomic mass is 32.2. The second kappa shape index (κ2) is 10.0. The molecule has 26 heavy (non-hydrogen) atoms. The number of aryl methyl sites for hydroxylation is 1. The summed E-state index contributed by atoms with van der Waals surface area (Å²) in [7, 11) is 0. The highest BCUT2D eigenvalue weighted by Crippen LogP contribution is 2.24. The Hall–Kier alpha value is -2.28. The number of aromatic nitrogens is 2. The Morgan fingerprint density at radius 1 is 1.27 bits per heavy atom. The minimum absolute atomic E-state index is 0.120. The van der Waals surface area contributed by atoms with Gasteiger partial charge in [-0.3, -0.25) is 9.59 Å². The molecule has 0 aliphatic rings. The van der Waals surface area contributed by atoms with Crippen molar-refractivity contribution in [1.82, 2.24) is 9.97 Å². The van der Waals surface area contributed by atoms with E-state index >= 15 is 0 Å². The molecule has 6 nitrogen and oxygen atoms in total. The maximum absolute atomic E-state index is 12.6. The van der Waals surface area contributed by atoms with Crippen LogP contribution in [0, 0.1) is 0 Å². The minimum Gasteiger partial charge on any atom is -0.494 e. The van der Waals surface area contributed by atoms with Gasteiger partial charge in [0, 0.05) is 17.4 Å². The first-order valence-electron chi connectivity index (χ1n) is 8.86. The fraction of sp³-hybridized carbons (Fsp3) is 0.421. The van der Waals surface area contributed by atoms with Gasteiger partial charge < -0.3 is 15.0 Å². The molecule has 140 valence electrons. The van der Waals surface area contributed by atoms with Crippen LogP contribution in [0.1, 0.15) is 39.3 Å². The van der Waals surface area contributed by atoms with Crippen molar-refractivity contribution in [2.75, 3.05) is 11.9 Å². The summed E-state index contributed by atoms with van der Waals surface area (Å²) in [6, 6.07) is 8.76. The van der Waals surface area contributed by atoms with E-state index in [4.69, 9.17) is 4.74 Å². The first-order valence-corrected chi connectivity index (χ1v) is 9.74.